The average Bonchev–Trinajstić information content (AvgIpc) is 1.83. The predicted octanol–water partition coefficient (Wildman–Crippen LogP) is 1.62. The van der Waals surface area contributed by atoms with E-state index in [-0.39, 0.29) is 3.92 Å². The van der Waals surface area contributed by atoms with Gasteiger partial charge in [0, 0.05) is 6.42 Å². The third-order valence-corrected chi connectivity index (χ3v) is 1.55. The Morgan fingerprint density at radius 2 is 2.12 bits per heavy atom. The molecule has 0 saturated heterocycles. The largest absolute Gasteiger partial charge is 0.198 e. The highest BCUT2D eigenvalue weighted by molar-refractivity contribution is 14.1. The van der Waals surface area contributed by atoms with Crippen LogP contribution in [-0.2, 0) is 0 Å². The molecule has 0 saturated carbocycles. The lowest BCUT2D eigenvalue weighted by Gasteiger charge is -1.89. The number of rotatable bonds is 2. The van der Waals surface area contributed by atoms with Gasteiger partial charge in [-0.05, 0) is 6.42 Å². The van der Waals surface area contributed by atoms with Crippen LogP contribution < -0.4 is 0 Å². The minimum atomic E-state index is 0.00671. The molecule has 8 heavy (non-hydrogen) atoms. The summed E-state index contributed by atoms with van der Waals surface area (Å²) in [5.74, 6) is 0. The summed E-state index contributed by atoms with van der Waals surface area (Å²) in [7, 11) is 0. The van der Waals surface area contributed by atoms with Crippen molar-refractivity contribution in [3.05, 3.63) is 0 Å². The van der Waals surface area contributed by atoms with Gasteiger partial charge in [-0.15, -0.1) is 0 Å². The van der Waals surface area contributed by atoms with E-state index in [1.165, 1.54) is 0 Å². The molecule has 3 heteroatoms. The van der Waals surface area contributed by atoms with Crippen LogP contribution in [0.25, 0.3) is 0 Å². The first-order valence-electron chi connectivity index (χ1n) is 2.22. The monoisotopic (exact) mass is 220 g/mol. The number of nitrogens with zero attached hydrogens (tertiary/aromatic N) is 2. The molecule has 0 amide bonds. The van der Waals surface area contributed by atoms with E-state index in [2.05, 4.69) is 0 Å². The maximum atomic E-state index is 8.19. The van der Waals surface area contributed by atoms with Crippen LogP contribution in [0.4, 0.5) is 0 Å². The van der Waals surface area contributed by atoms with Crippen LogP contribution in [0.2, 0.25) is 0 Å². The fourth-order valence-electron chi connectivity index (χ4n) is 0.256. The fraction of sp³-hybridized carbons (Fsp3) is 0.600. The highest BCUT2D eigenvalue weighted by atomic mass is 127. The maximum Gasteiger partial charge on any atom is 0.0988 e. The van der Waals surface area contributed by atoms with Crippen LogP contribution in [0.1, 0.15) is 12.8 Å². The van der Waals surface area contributed by atoms with Crippen molar-refractivity contribution in [2.24, 2.45) is 0 Å². The van der Waals surface area contributed by atoms with Crippen LogP contribution in [0.5, 0.6) is 0 Å². The molecule has 0 aromatic heterocycles. The fourth-order valence-corrected chi connectivity index (χ4v) is 0.567. The van der Waals surface area contributed by atoms with Gasteiger partial charge >= 0.3 is 0 Å². The van der Waals surface area contributed by atoms with Crippen molar-refractivity contribution in [2.45, 2.75) is 16.8 Å². The first-order chi connectivity index (χ1) is 3.81. The Kier molecular flexibility index (Phi) is 4.68. The topological polar surface area (TPSA) is 47.6 Å². The van der Waals surface area contributed by atoms with Gasteiger partial charge in [0.15, 0.2) is 0 Å². The Labute approximate surface area is 62.2 Å². The van der Waals surface area contributed by atoms with Gasteiger partial charge in [-0.1, -0.05) is 22.6 Å². The lowest BCUT2D eigenvalue weighted by Crippen LogP contribution is -1.89. The Balaban J connectivity index is 3.18. The Hall–Kier alpha value is -0.290. The van der Waals surface area contributed by atoms with E-state index in [9.17, 15) is 0 Å². The Bertz CT molecular complexity index is 130. The minimum absolute atomic E-state index is 0.00671. The van der Waals surface area contributed by atoms with Crippen molar-refractivity contribution in [3.63, 3.8) is 0 Å². The van der Waals surface area contributed by atoms with Gasteiger partial charge < -0.3 is 0 Å². The number of hydrogen-bond donors (Lipinski definition) is 0. The molecule has 0 aromatic carbocycles. The molecule has 1 unspecified atom stereocenters. The van der Waals surface area contributed by atoms with Gasteiger partial charge in [-0.25, -0.2) is 0 Å². The van der Waals surface area contributed by atoms with E-state index in [0.29, 0.717) is 12.8 Å². The summed E-state index contributed by atoms with van der Waals surface area (Å²) in [4.78, 5) is 0. The summed E-state index contributed by atoms with van der Waals surface area (Å²) in [6, 6.07) is 4.01. The van der Waals surface area contributed by atoms with Gasteiger partial charge in [0.05, 0.1) is 16.1 Å². The van der Waals surface area contributed by atoms with E-state index in [4.69, 9.17) is 10.5 Å². The molecule has 0 aromatic rings. The van der Waals surface area contributed by atoms with Gasteiger partial charge in [0.2, 0.25) is 0 Å². The van der Waals surface area contributed by atoms with Crippen LogP contribution in [-0.4, -0.2) is 3.92 Å². The second-order valence-electron chi connectivity index (χ2n) is 1.29. The lowest BCUT2D eigenvalue weighted by atomic mass is 10.3. The molecule has 0 N–H and O–H groups in total. The highest BCUT2D eigenvalue weighted by Crippen LogP contribution is 2.05. The van der Waals surface area contributed by atoms with E-state index in [1.54, 1.807) is 0 Å². The molecule has 0 spiro atoms. The smallest absolute Gasteiger partial charge is 0.0988 e. The molecule has 1 atom stereocenters. The summed E-state index contributed by atoms with van der Waals surface area (Å²) in [5.41, 5.74) is 0. The standard InChI is InChI=1S/C5H5IN2/c6-5(4-8)2-1-3-7/h5H,1-2H2. The zero-order chi connectivity index (χ0) is 6.41. The zero-order valence-electron chi connectivity index (χ0n) is 4.26. The molecule has 0 bridgehead atoms. The summed E-state index contributed by atoms with van der Waals surface area (Å²) >= 11 is 2.02. The van der Waals surface area contributed by atoms with Crippen molar-refractivity contribution in [3.8, 4) is 12.1 Å². The normalized spacial score (nSPS) is 11.4. The summed E-state index contributed by atoms with van der Waals surface area (Å²) in [6.45, 7) is 0. The average molecular weight is 220 g/mol. The van der Waals surface area contributed by atoms with Crippen molar-refractivity contribution in [1.82, 2.24) is 0 Å². The van der Waals surface area contributed by atoms with Crippen LogP contribution in [0, 0.1) is 22.7 Å². The molecular formula is C5H5IN2. The van der Waals surface area contributed by atoms with Gasteiger partial charge in [-0.2, -0.15) is 10.5 Å². The molecular weight excluding hydrogens is 215 g/mol. The first kappa shape index (κ1) is 7.71. The van der Waals surface area contributed by atoms with Crippen molar-refractivity contribution in [2.75, 3.05) is 0 Å². The molecule has 0 aliphatic carbocycles. The van der Waals surface area contributed by atoms with Gasteiger partial charge in [0.25, 0.3) is 0 Å². The molecule has 42 valence electrons. The van der Waals surface area contributed by atoms with E-state index in [1.807, 2.05) is 34.7 Å². The van der Waals surface area contributed by atoms with E-state index < -0.39 is 0 Å². The summed E-state index contributed by atoms with van der Waals surface area (Å²) < 4.78 is 0.00671. The van der Waals surface area contributed by atoms with Crippen LogP contribution in [0.15, 0.2) is 0 Å². The lowest BCUT2D eigenvalue weighted by molar-refractivity contribution is 0.920. The SMILES string of the molecule is N#CCCC(I)C#N. The minimum Gasteiger partial charge on any atom is -0.198 e. The quantitative estimate of drug-likeness (QED) is 0.524. The number of halogens is 1. The number of alkyl halides is 1. The van der Waals surface area contributed by atoms with Gasteiger partial charge in [-0.3, -0.25) is 0 Å². The molecule has 0 radical (unpaired) electrons. The second-order valence-corrected chi connectivity index (χ2v) is 2.80. The summed E-state index contributed by atoms with van der Waals surface area (Å²) in [6.07, 6.45) is 1.18. The van der Waals surface area contributed by atoms with Crippen molar-refractivity contribution >= 4 is 22.6 Å². The van der Waals surface area contributed by atoms with Gasteiger partial charge in [0.1, 0.15) is 0 Å². The third kappa shape index (κ3) is 3.89. The van der Waals surface area contributed by atoms with Crippen molar-refractivity contribution in [1.29, 1.82) is 10.5 Å². The first-order valence-corrected chi connectivity index (χ1v) is 3.46. The molecule has 2 nitrogen and oxygen atoms in total. The molecule has 0 aliphatic heterocycles. The Morgan fingerprint density at radius 1 is 1.50 bits per heavy atom. The molecule has 0 heterocycles. The maximum absolute atomic E-state index is 8.19. The van der Waals surface area contributed by atoms with E-state index in [0.717, 1.165) is 0 Å². The number of hydrogen-bond acceptors (Lipinski definition) is 2. The highest BCUT2D eigenvalue weighted by Gasteiger charge is 1.97. The summed E-state index contributed by atoms with van der Waals surface area (Å²) in [5, 5.41) is 16.2. The van der Waals surface area contributed by atoms with Crippen LogP contribution in [0.3, 0.4) is 0 Å². The molecule has 0 rings (SSSR count). The zero-order valence-corrected chi connectivity index (χ0v) is 6.42. The molecule has 0 aliphatic rings. The van der Waals surface area contributed by atoms with Crippen molar-refractivity contribution < 1.29 is 0 Å². The van der Waals surface area contributed by atoms with E-state index >= 15 is 0 Å². The predicted molar refractivity (Wildman–Crippen MR) is 38.3 cm³/mol. The third-order valence-electron chi connectivity index (χ3n) is 0.650. The number of nitriles is 2. The van der Waals surface area contributed by atoms with Crippen LogP contribution >= 0.6 is 22.6 Å². The second kappa shape index (κ2) is 4.86. The Morgan fingerprint density at radius 3 is 2.50 bits per heavy atom. The molecule has 0 fully saturated rings.